The Bertz CT molecular complexity index is 642. The smallest absolute Gasteiger partial charge is 0.200 e. The second kappa shape index (κ2) is 5.22. The molecule has 2 aliphatic heterocycles. The number of nitrogens with two attached hydrogens (primary N) is 1. The third-order valence-electron chi connectivity index (χ3n) is 4.05. The van der Waals surface area contributed by atoms with Gasteiger partial charge in [0.25, 0.3) is 0 Å². The molecule has 1 aromatic carbocycles. The highest BCUT2D eigenvalue weighted by Gasteiger charge is 2.28. The number of anilines is 1. The van der Waals surface area contributed by atoms with Crippen molar-refractivity contribution in [2.75, 3.05) is 25.4 Å². The Balaban J connectivity index is 1.89. The first-order chi connectivity index (χ1) is 9.56. The zero-order valence-corrected chi connectivity index (χ0v) is 12.3. The zero-order valence-electron chi connectivity index (χ0n) is 11.5. The molecule has 0 radical (unpaired) electrons. The van der Waals surface area contributed by atoms with E-state index in [1.54, 1.807) is 18.2 Å². The Morgan fingerprint density at radius 3 is 2.50 bits per heavy atom. The standard InChI is InChI=1S/C15H20N2O2S/c16-13-5-6-15-14(9-13)12(11-20(15,18)19)10-17-7-3-1-2-4-8-17/h5-6,9,11H,1-4,7-8,10,16H2. The van der Waals surface area contributed by atoms with Crippen LogP contribution in [0.25, 0.3) is 5.57 Å². The summed E-state index contributed by atoms with van der Waals surface area (Å²) in [7, 11) is -3.28. The molecule has 0 aromatic heterocycles. The van der Waals surface area contributed by atoms with Gasteiger partial charge in [-0.2, -0.15) is 0 Å². The Morgan fingerprint density at radius 2 is 1.80 bits per heavy atom. The molecular formula is C15H20N2O2S. The SMILES string of the molecule is Nc1ccc2c(c1)C(CN1CCCCCC1)=CS2(=O)=O. The van der Waals surface area contributed by atoms with Crippen molar-refractivity contribution in [1.29, 1.82) is 0 Å². The van der Waals surface area contributed by atoms with E-state index in [4.69, 9.17) is 5.73 Å². The third-order valence-corrected chi connectivity index (χ3v) is 5.61. The maximum absolute atomic E-state index is 12.1. The van der Waals surface area contributed by atoms with Crippen LogP contribution < -0.4 is 5.73 Å². The molecule has 4 nitrogen and oxygen atoms in total. The number of nitrogen functional groups attached to an aromatic ring is 1. The van der Waals surface area contributed by atoms with E-state index in [1.807, 2.05) is 0 Å². The molecule has 1 fully saturated rings. The molecule has 0 spiro atoms. The number of rotatable bonds is 2. The fourth-order valence-electron chi connectivity index (χ4n) is 3.02. The first-order valence-electron chi connectivity index (χ1n) is 7.14. The average Bonchev–Trinajstić information content (AvgIpc) is 2.59. The summed E-state index contributed by atoms with van der Waals surface area (Å²) in [6, 6.07) is 5.05. The van der Waals surface area contributed by atoms with Gasteiger partial charge in [0, 0.05) is 23.2 Å². The quantitative estimate of drug-likeness (QED) is 0.849. The summed E-state index contributed by atoms with van der Waals surface area (Å²) in [6.45, 7) is 2.81. The fourth-order valence-corrected chi connectivity index (χ4v) is 4.48. The van der Waals surface area contributed by atoms with Gasteiger partial charge in [-0.25, -0.2) is 8.42 Å². The molecule has 2 heterocycles. The maximum Gasteiger partial charge on any atom is 0.200 e. The van der Waals surface area contributed by atoms with Gasteiger partial charge in [-0.15, -0.1) is 0 Å². The van der Waals surface area contributed by atoms with Crippen LogP contribution in [-0.2, 0) is 9.84 Å². The van der Waals surface area contributed by atoms with Crippen LogP contribution in [0.15, 0.2) is 28.5 Å². The van der Waals surface area contributed by atoms with Gasteiger partial charge in [0.15, 0.2) is 0 Å². The van der Waals surface area contributed by atoms with Crippen molar-refractivity contribution >= 4 is 21.1 Å². The maximum atomic E-state index is 12.1. The highest BCUT2D eigenvalue weighted by Crippen LogP contribution is 2.35. The number of likely N-dealkylation sites (tertiary alicyclic amines) is 1. The lowest BCUT2D eigenvalue weighted by Crippen LogP contribution is -2.26. The van der Waals surface area contributed by atoms with Crippen LogP contribution in [0.1, 0.15) is 31.2 Å². The summed E-state index contributed by atoms with van der Waals surface area (Å²) < 4.78 is 24.3. The highest BCUT2D eigenvalue weighted by molar-refractivity contribution is 7.95. The van der Waals surface area contributed by atoms with Crippen LogP contribution in [0, 0.1) is 0 Å². The number of hydrogen-bond acceptors (Lipinski definition) is 4. The van der Waals surface area contributed by atoms with E-state index in [0.29, 0.717) is 17.1 Å². The van der Waals surface area contributed by atoms with E-state index in [1.165, 1.54) is 31.1 Å². The van der Waals surface area contributed by atoms with Gasteiger partial charge >= 0.3 is 0 Å². The molecule has 1 saturated heterocycles. The van der Waals surface area contributed by atoms with Crippen LogP contribution in [0.2, 0.25) is 0 Å². The molecule has 1 aromatic rings. The van der Waals surface area contributed by atoms with Crippen molar-refractivity contribution in [3.05, 3.63) is 29.2 Å². The van der Waals surface area contributed by atoms with Crippen molar-refractivity contribution in [2.24, 2.45) is 0 Å². The van der Waals surface area contributed by atoms with Gasteiger partial charge < -0.3 is 5.73 Å². The minimum absolute atomic E-state index is 0.400. The molecule has 0 bridgehead atoms. The summed E-state index contributed by atoms with van der Waals surface area (Å²) >= 11 is 0. The van der Waals surface area contributed by atoms with E-state index >= 15 is 0 Å². The van der Waals surface area contributed by atoms with Crippen molar-refractivity contribution in [3.8, 4) is 0 Å². The van der Waals surface area contributed by atoms with Crippen molar-refractivity contribution in [1.82, 2.24) is 4.90 Å². The predicted molar refractivity (Wildman–Crippen MR) is 80.9 cm³/mol. The first-order valence-corrected chi connectivity index (χ1v) is 8.69. The second-order valence-electron chi connectivity index (χ2n) is 5.63. The Hall–Kier alpha value is -1.33. The third kappa shape index (κ3) is 2.60. The van der Waals surface area contributed by atoms with Crippen molar-refractivity contribution in [2.45, 2.75) is 30.6 Å². The molecule has 0 unspecified atom stereocenters. The molecule has 0 atom stereocenters. The van der Waals surface area contributed by atoms with Gasteiger partial charge in [-0.1, -0.05) is 12.8 Å². The van der Waals surface area contributed by atoms with Gasteiger partial charge in [0.05, 0.1) is 4.90 Å². The van der Waals surface area contributed by atoms with Crippen LogP contribution in [-0.4, -0.2) is 33.0 Å². The average molecular weight is 292 g/mol. The predicted octanol–water partition coefficient (Wildman–Crippen LogP) is 2.27. The van der Waals surface area contributed by atoms with Crippen LogP contribution >= 0.6 is 0 Å². The monoisotopic (exact) mass is 292 g/mol. The molecule has 5 heteroatoms. The molecule has 20 heavy (non-hydrogen) atoms. The summed E-state index contributed by atoms with van der Waals surface area (Å²) in [4.78, 5) is 2.75. The molecule has 2 N–H and O–H groups in total. The van der Waals surface area contributed by atoms with E-state index in [9.17, 15) is 8.42 Å². The summed E-state index contributed by atoms with van der Waals surface area (Å²) in [5, 5.41) is 1.42. The Labute approximate surface area is 120 Å². The highest BCUT2D eigenvalue weighted by atomic mass is 32.2. The number of nitrogens with zero attached hydrogens (tertiary/aromatic N) is 1. The molecular weight excluding hydrogens is 272 g/mol. The van der Waals surface area contributed by atoms with Crippen molar-refractivity contribution < 1.29 is 8.42 Å². The summed E-state index contributed by atoms with van der Waals surface area (Å²) in [5.74, 6) is 0. The van der Waals surface area contributed by atoms with Gasteiger partial charge in [0.1, 0.15) is 0 Å². The van der Waals surface area contributed by atoms with Gasteiger partial charge in [0.2, 0.25) is 9.84 Å². The van der Waals surface area contributed by atoms with Gasteiger partial charge in [-0.05, 0) is 49.7 Å². The molecule has 2 aliphatic rings. The minimum atomic E-state index is -3.28. The normalized spacial score (nSPS) is 22.1. The second-order valence-corrected chi connectivity index (χ2v) is 7.40. The lowest BCUT2D eigenvalue weighted by atomic mass is 10.1. The number of benzene rings is 1. The van der Waals surface area contributed by atoms with Crippen LogP contribution in [0.4, 0.5) is 5.69 Å². The lowest BCUT2D eigenvalue weighted by molar-refractivity contribution is 0.320. The van der Waals surface area contributed by atoms with Gasteiger partial charge in [-0.3, -0.25) is 4.90 Å². The number of hydrogen-bond donors (Lipinski definition) is 1. The first kappa shape index (κ1) is 13.6. The summed E-state index contributed by atoms with van der Waals surface area (Å²) in [6.07, 6.45) is 4.95. The Morgan fingerprint density at radius 1 is 1.10 bits per heavy atom. The minimum Gasteiger partial charge on any atom is -0.399 e. The molecule has 0 aliphatic carbocycles. The molecule has 108 valence electrons. The number of sulfone groups is 1. The van der Waals surface area contributed by atoms with Crippen molar-refractivity contribution in [3.63, 3.8) is 0 Å². The summed E-state index contributed by atoms with van der Waals surface area (Å²) in [5.41, 5.74) is 8.09. The van der Waals surface area contributed by atoms with Crippen LogP contribution in [0.3, 0.4) is 0 Å². The molecule has 3 rings (SSSR count). The number of fused-ring (bicyclic) bond motifs is 1. The van der Waals surface area contributed by atoms with E-state index in [2.05, 4.69) is 4.90 Å². The van der Waals surface area contributed by atoms with E-state index in [-0.39, 0.29) is 0 Å². The van der Waals surface area contributed by atoms with E-state index in [0.717, 1.165) is 24.2 Å². The lowest BCUT2D eigenvalue weighted by Gasteiger charge is -2.20. The largest absolute Gasteiger partial charge is 0.399 e. The molecule has 0 saturated carbocycles. The Kier molecular flexibility index (Phi) is 3.56. The zero-order chi connectivity index (χ0) is 14.2. The van der Waals surface area contributed by atoms with Crippen LogP contribution in [0.5, 0.6) is 0 Å². The van der Waals surface area contributed by atoms with E-state index < -0.39 is 9.84 Å². The topological polar surface area (TPSA) is 63.4 Å². The molecule has 0 amide bonds. The fraction of sp³-hybridized carbons (Fsp3) is 0.467.